The number of aryl methyl sites for hydroxylation is 1. The smallest absolute Gasteiger partial charge is 0.162 e. The van der Waals surface area contributed by atoms with Gasteiger partial charge in [0.2, 0.25) is 0 Å². The minimum atomic E-state index is -0.891. The molecule has 1 aliphatic heterocycles. The SMILES string of the molecule is Cc1ccccc1N1C(=N)/C(=C(/O)c2ccccc2)C(c2ccccc2F)C2=C1CC(C)(C)CC2=O. The highest BCUT2D eigenvalue weighted by molar-refractivity contribution is 6.20. The number of anilines is 1. The van der Waals surface area contributed by atoms with E-state index in [0.29, 0.717) is 29.7 Å². The lowest BCUT2D eigenvalue weighted by Gasteiger charge is -2.45. The van der Waals surface area contributed by atoms with Gasteiger partial charge in [-0.05, 0) is 36.5 Å². The molecule has 0 saturated heterocycles. The number of aliphatic hydroxyl groups is 1. The van der Waals surface area contributed by atoms with Crippen molar-refractivity contribution in [3.05, 3.63) is 118 Å². The van der Waals surface area contributed by atoms with Crippen LogP contribution in [0.25, 0.3) is 5.76 Å². The predicted octanol–water partition coefficient (Wildman–Crippen LogP) is 7.33. The van der Waals surface area contributed by atoms with Gasteiger partial charge in [-0.25, -0.2) is 4.39 Å². The summed E-state index contributed by atoms with van der Waals surface area (Å²) in [5.74, 6) is -1.53. The number of carbonyl (C=O) groups is 1. The van der Waals surface area contributed by atoms with E-state index in [1.54, 1.807) is 47.4 Å². The topological polar surface area (TPSA) is 64.4 Å². The highest BCUT2D eigenvalue weighted by Gasteiger charge is 2.47. The van der Waals surface area contributed by atoms with Gasteiger partial charge in [-0.15, -0.1) is 0 Å². The van der Waals surface area contributed by atoms with Crippen LogP contribution in [-0.4, -0.2) is 16.7 Å². The van der Waals surface area contributed by atoms with Crippen LogP contribution in [0.5, 0.6) is 0 Å². The van der Waals surface area contributed by atoms with Crippen LogP contribution in [0.1, 0.15) is 49.3 Å². The number of hydrogen-bond donors (Lipinski definition) is 2. The number of benzene rings is 3. The Morgan fingerprint density at radius 2 is 1.61 bits per heavy atom. The van der Waals surface area contributed by atoms with Crippen LogP contribution in [0, 0.1) is 23.6 Å². The number of nitrogens with zero attached hydrogens (tertiary/aromatic N) is 1. The van der Waals surface area contributed by atoms with E-state index >= 15 is 4.39 Å². The van der Waals surface area contributed by atoms with Crippen LogP contribution >= 0.6 is 0 Å². The van der Waals surface area contributed by atoms with Gasteiger partial charge in [0, 0.05) is 40.3 Å². The summed E-state index contributed by atoms with van der Waals surface area (Å²) < 4.78 is 15.3. The van der Waals surface area contributed by atoms with Crippen molar-refractivity contribution in [2.24, 2.45) is 5.41 Å². The van der Waals surface area contributed by atoms with Gasteiger partial charge in [0.05, 0.1) is 5.69 Å². The zero-order chi connectivity index (χ0) is 25.6. The summed E-state index contributed by atoms with van der Waals surface area (Å²) in [5.41, 5.74) is 3.56. The second-order valence-corrected chi connectivity index (χ2v) is 10.4. The van der Waals surface area contributed by atoms with E-state index in [1.807, 2.05) is 51.1 Å². The van der Waals surface area contributed by atoms with Gasteiger partial charge < -0.3 is 5.11 Å². The van der Waals surface area contributed by atoms with Crippen molar-refractivity contribution in [1.29, 1.82) is 5.41 Å². The number of ketones is 1. The third-order valence-electron chi connectivity index (χ3n) is 7.10. The normalized spacial score (nSPS) is 20.9. The highest BCUT2D eigenvalue weighted by Crippen LogP contribution is 2.51. The van der Waals surface area contributed by atoms with Crippen molar-refractivity contribution in [3.8, 4) is 0 Å². The Hall–Kier alpha value is -3.99. The molecule has 0 aromatic heterocycles. The Morgan fingerprint density at radius 1 is 0.972 bits per heavy atom. The van der Waals surface area contributed by atoms with Crippen molar-refractivity contribution in [2.45, 2.75) is 39.5 Å². The number of halogens is 1. The van der Waals surface area contributed by atoms with Gasteiger partial charge in [0.1, 0.15) is 17.4 Å². The average molecular weight is 481 g/mol. The van der Waals surface area contributed by atoms with Crippen LogP contribution in [0.4, 0.5) is 10.1 Å². The fraction of sp³-hybridized carbons (Fsp3) is 0.226. The van der Waals surface area contributed by atoms with E-state index in [-0.39, 0.29) is 33.9 Å². The Labute approximate surface area is 210 Å². The average Bonchev–Trinajstić information content (AvgIpc) is 2.84. The lowest BCUT2D eigenvalue weighted by molar-refractivity contribution is -0.118. The zero-order valence-electron chi connectivity index (χ0n) is 20.7. The number of rotatable bonds is 3. The molecule has 2 aliphatic rings. The molecule has 1 unspecified atom stereocenters. The maximum absolute atomic E-state index is 15.3. The van der Waals surface area contributed by atoms with Crippen molar-refractivity contribution in [3.63, 3.8) is 0 Å². The van der Waals surface area contributed by atoms with Gasteiger partial charge in [0.25, 0.3) is 0 Å². The first-order valence-corrected chi connectivity index (χ1v) is 12.1. The van der Waals surface area contributed by atoms with Crippen LogP contribution in [-0.2, 0) is 4.79 Å². The summed E-state index contributed by atoms with van der Waals surface area (Å²) >= 11 is 0. The molecule has 1 heterocycles. The number of para-hydroxylation sites is 1. The van der Waals surface area contributed by atoms with Gasteiger partial charge >= 0.3 is 0 Å². The first-order valence-electron chi connectivity index (χ1n) is 12.1. The third-order valence-corrected chi connectivity index (χ3v) is 7.10. The summed E-state index contributed by atoms with van der Waals surface area (Å²) in [6.07, 6.45) is 0.861. The lowest BCUT2D eigenvalue weighted by atomic mass is 9.67. The molecule has 1 aliphatic carbocycles. The lowest BCUT2D eigenvalue weighted by Crippen LogP contribution is -2.45. The largest absolute Gasteiger partial charge is 0.507 e. The molecule has 0 amide bonds. The van der Waals surface area contributed by atoms with Crippen molar-refractivity contribution >= 4 is 23.1 Å². The molecule has 0 spiro atoms. The zero-order valence-corrected chi connectivity index (χ0v) is 20.7. The quantitative estimate of drug-likeness (QED) is 0.386. The maximum Gasteiger partial charge on any atom is 0.162 e. The molecule has 36 heavy (non-hydrogen) atoms. The van der Waals surface area contributed by atoms with Crippen molar-refractivity contribution in [2.75, 3.05) is 4.90 Å². The van der Waals surface area contributed by atoms with Gasteiger partial charge in [0.15, 0.2) is 5.78 Å². The number of carbonyl (C=O) groups excluding carboxylic acids is 1. The number of aliphatic hydroxyl groups excluding tert-OH is 1. The highest BCUT2D eigenvalue weighted by atomic mass is 19.1. The summed E-state index contributed by atoms with van der Waals surface area (Å²) in [6, 6.07) is 23.0. The maximum atomic E-state index is 15.3. The molecule has 5 rings (SSSR count). The molecule has 0 bridgehead atoms. The van der Waals surface area contributed by atoms with Crippen molar-refractivity contribution in [1.82, 2.24) is 0 Å². The van der Waals surface area contributed by atoms with E-state index in [4.69, 9.17) is 0 Å². The fourth-order valence-corrected chi connectivity index (χ4v) is 5.47. The molecule has 2 N–H and O–H groups in total. The molecule has 3 aromatic rings. The standard InChI is InChI=1S/C31H29FN2O2/c1-19-11-7-10-16-23(19)34-24-17-31(2,3)18-25(35)27(24)26(21-14-8-9-15-22(21)32)28(30(34)33)29(36)20-12-5-4-6-13-20/h4-16,26,33,36H,17-18H2,1-3H3/b29-28+,33-30?. The minimum absolute atomic E-state index is 0.0446. The predicted molar refractivity (Wildman–Crippen MR) is 142 cm³/mol. The van der Waals surface area contributed by atoms with Crippen LogP contribution < -0.4 is 4.90 Å². The summed E-state index contributed by atoms with van der Waals surface area (Å²) in [7, 11) is 0. The second kappa shape index (κ2) is 8.90. The molecule has 4 nitrogen and oxygen atoms in total. The Bertz CT molecular complexity index is 1440. The number of amidine groups is 1. The number of Topliss-reactive ketones (excluding diaryl/α,β-unsaturated/α-hetero) is 1. The van der Waals surface area contributed by atoms with E-state index in [1.165, 1.54) is 6.07 Å². The first-order chi connectivity index (χ1) is 17.2. The molecule has 1 atom stereocenters. The fourth-order valence-electron chi connectivity index (χ4n) is 5.47. The molecular weight excluding hydrogens is 451 g/mol. The van der Waals surface area contributed by atoms with Gasteiger partial charge in [-0.3, -0.25) is 15.1 Å². The summed E-state index contributed by atoms with van der Waals surface area (Å²) in [5, 5.41) is 21.0. The molecule has 0 radical (unpaired) electrons. The van der Waals surface area contributed by atoms with Crippen LogP contribution in [0.15, 0.2) is 95.7 Å². The molecule has 0 saturated carbocycles. The van der Waals surface area contributed by atoms with Crippen LogP contribution in [0.3, 0.4) is 0 Å². The second-order valence-electron chi connectivity index (χ2n) is 10.4. The Balaban J connectivity index is 1.89. The van der Waals surface area contributed by atoms with Crippen LogP contribution in [0.2, 0.25) is 0 Å². The molecule has 3 aromatic carbocycles. The van der Waals surface area contributed by atoms with Gasteiger partial charge in [-0.2, -0.15) is 0 Å². The monoisotopic (exact) mass is 480 g/mol. The van der Waals surface area contributed by atoms with Gasteiger partial charge in [-0.1, -0.05) is 80.6 Å². The number of hydrogen-bond acceptors (Lipinski definition) is 3. The van der Waals surface area contributed by atoms with E-state index < -0.39 is 11.7 Å². The first kappa shape index (κ1) is 23.7. The Kier molecular flexibility index (Phi) is 5.87. The Morgan fingerprint density at radius 3 is 2.31 bits per heavy atom. The third kappa shape index (κ3) is 3.95. The molecule has 5 heteroatoms. The number of nitrogens with one attached hydrogen (secondary N) is 1. The van der Waals surface area contributed by atoms with E-state index in [9.17, 15) is 15.3 Å². The molecule has 0 fully saturated rings. The summed E-state index contributed by atoms with van der Waals surface area (Å²) in [4.78, 5) is 15.6. The van der Waals surface area contributed by atoms with E-state index in [2.05, 4.69) is 0 Å². The van der Waals surface area contributed by atoms with E-state index in [0.717, 1.165) is 11.3 Å². The molecular formula is C31H29FN2O2. The summed E-state index contributed by atoms with van der Waals surface area (Å²) in [6.45, 7) is 6.04. The minimum Gasteiger partial charge on any atom is -0.507 e. The van der Waals surface area contributed by atoms with Crippen molar-refractivity contribution < 1.29 is 14.3 Å². The number of allylic oxidation sites excluding steroid dienone is 2. The molecule has 182 valence electrons.